The highest BCUT2D eigenvalue weighted by atomic mass is 35.5. The minimum atomic E-state index is -0.0448. The van der Waals surface area contributed by atoms with Crippen LogP contribution < -0.4 is 4.90 Å². The molecule has 0 radical (unpaired) electrons. The Labute approximate surface area is 159 Å². The van der Waals surface area contributed by atoms with Gasteiger partial charge in [-0.05, 0) is 69.2 Å². The second-order valence-corrected chi connectivity index (χ2v) is 6.98. The molecular weight excluding hydrogens is 346 g/mol. The Hall–Kier alpha value is -2.59. The number of carbonyl (C=O) groups is 1. The first-order valence-corrected chi connectivity index (χ1v) is 8.85. The molecule has 0 aliphatic heterocycles. The van der Waals surface area contributed by atoms with E-state index in [1.807, 2.05) is 70.2 Å². The first kappa shape index (κ1) is 18.2. The number of hydrogen-bond acceptors (Lipinski definition) is 2. The molecule has 1 amide bonds. The molecule has 0 bridgehead atoms. The molecule has 5 heteroatoms. The van der Waals surface area contributed by atoms with Crippen molar-refractivity contribution in [3.05, 3.63) is 75.6 Å². The van der Waals surface area contributed by atoms with Crippen LogP contribution in [-0.4, -0.2) is 22.7 Å². The predicted molar refractivity (Wildman–Crippen MR) is 107 cm³/mol. The summed E-state index contributed by atoms with van der Waals surface area (Å²) in [5.74, 6) is -0.0448. The van der Waals surface area contributed by atoms with Gasteiger partial charge in [0.1, 0.15) is 0 Å². The fraction of sp³-hybridized carbons (Fsp3) is 0.238. The number of aryl methyl sites for hydroxylation is 3. The molecule has 3 aromatic rings. The Morgan fingerprint density at radius 1 is 1.04 bits per heavy atom. The van der Waals surface area contributed by atoms with Crippen LogP contribution in [0.3, 0.4) is 0 Å². The number of nitrogens with zero attached hydrogens (tertiary/aromatic N) is 3. The third-order valence-corrected chi connectivity index (χ3v) is 5.14. The van der Waals surface area contributed by atoms with Crippen LogP contribution in [0.2, 0.25) is 5.02 Å². The summed E-state index contributed by atoms with van der Waals surface area (Å²) in [6, 6.07) is 13.5. The van der Waals surface area contributed by atoms with Gasteiger partial charge in [0, 0.05) is 18.3 Å². The zero-order chi connectivity index (χ0) is 19.0. The van der Waals surface area contributed by atoms with Crippen LogP contribution in [0, 0.1) is 27.7 Å². The third-order valence-electron chi connectivity index (χ3n) is 4.59. The molecule has 0 saturated heterocycles. The lowest BCUT2D eigenvalue weighted by atomic mass is 10.1. The number of aromatic nitrogens is 2. The summed E-state index contributed by atoms with van der Waals surface area (Å²) in [5.41, 5.74) is 6.30. The number of halogens is 1. The summed E-state index contributed by atoms with van der Waals surface area (Å²) >= 11 is 6.22. The Morgan fingerprint density at radius 2 is 1.69 bits per heavy atom. The Morgan fingerprint density at radius 3 is 2.27 bits per heavy atom. The van der Waals surface area contributed by atoms with E-state index in [4.69, 9.17) is 11.6 Å². The lowest BCUT2D eigenvalue weighted by Crippen LogP contribution is -2.27. The zero-order valence-electron chi connectivity index (χ0n) is 15.7. The SMILES string of the molecule is Cc1ccc(C)c(N(C)C(=O)c2ccc(-n3nc(C)c(Cl)c3C)cc2)c1. The van der Waals surface area contributed by atoms with Crippen molar-refractivity contribution < 1.29 is 4.79 Å². The first-order valence-electron chi connectivity index (χ1n) is 8.47. The van der Waals surface area contributed by atoms with Crippen molar-refractivity contribution in [1.29, 1.82) is 0 Å². The molecule has 3 rings (SSSR count). The average molecular weight is 368 g/mol. The normalized spacial score (nSPS) is 10.8. The van der Waals surface area contributed by atoms with Gasteiger partial charge in [0.2, 0.25) is 0 Å². The van der Waals surface area contributed by atoms with Crippen LogP contribution in [0.25, 0.3) is 5.69 Å². The maximum Gasteiger partial charge on any atom is 0.258 e. The van der Waals surface area contributed by atoms with Gasteiger partial charge in [-0.15, -0.1) is 0 Å². The van der Waals surface area contributed by atoms with E-state index < -0.39 is 0 Å². The highest BCUT2D eigenvalue weighted by Crippen LogP contribution is 2.24. The van der Waals surface area contributed by atoms with Crippen molar-refractivity contribution >= 4 is 23.2 Å². The number of rotatable bonds is 3. The van der Waals surface area contributed by atoms with Gasteiger partial charge in [-0.1, -0.05) is 23.7 Å². The second kappa shape index (κ2) is 6.96. The van der Waals surface area contributed by atoms with Crippen molar-refractivity contribution in [3.63, 3.8) is 0 Å². The fourth-order valence-corrected chi connectivity index (χ4v) is 3.12. The Kier molecular flexibility index (Phi) is 4.88. The summed E-state index contributed by atoms with van der Waals surface area (Å²) < 4.78 is 1.79. The zero-order valence-corrected chi connectivity index (χ0v) is 16.4. The van der Waals surface area contributed by atoms with Crippen LogP contribution in [-0.2, 0) is 0 Å². The van der Waals surface area contributed by atoms with Crippen molar-refractivity contribution in [2.24, 2.45) is 0 Å². The summed E-state index contributed by atoms with van der Waals surface area (Å²) in [6.07, 6.45) is 0. The molecule has 0 fully saturated rings. The van der Waals surface area contributed by atoms with Crippen LogP contribution in [0.15, 0.2) is 42.5 Å². The minimum absolute atomic E-state index is 0.0448. The van der Waals surface area contributed by atoms with E-state index in [0.717, 1.165) is 33.9 Å². The van der Waals surface area contributed by atoms with Crippen molar-refractivity contribution in [2.75, 3.05) is 11.9 Å². The average Bonchev–Trinajstić information content (AvgIpc) is 2.90. The van der Waals surface area contributed by atoms with Gasteiger partial charge < -0.3 is 4.90 Å². The summed E-state index contributed by atoms with van der Waals surface area (Å²) in [4.78, 5) is 14.6. The lowest BCUT2D eigenvalue weighted by Gasteiger charge is -2.20. The molecule has 2 aromatic carbocycles. The van der Waals surface area contributed by atoms with Gasteiger partial charge in [-0.2, -0.15) is 5.10 Å². The Balaban J connectivity index is 1.89. The van der Waals surface area contributed by atoms with Crippen LogP contribution >= 0.6 is 11.6 Å². The monoisotopic (exact) mass is 367 g/mol. The molecule has 134 valence electrons. The number of amides is 1. The van der Waals surface area contributed by atoms with E-state index in [9.17, 15) is 4.79 Å². The lowest BCUT2D eigenvalue weighted by molar-refractivity contribution is 0.0993. The molecule has 0 N–H and O–H groups in total. The molecule has 0 unspecified atom stereocenters. The summed E-state index contributed by atoms with van der Waals surface area (Å²) in [6.45, 7) is 7.84. The highest BCUT2D eigenvalue weighted by molar-refractivity contribution is 6.31. The van der Waals surface area contributed by atoms with E-state index in [2.05, 4.69) is 5.10 Å². The second-order valence-electron chi connectivity index (χ2n) is 6.60. The molecule has 26 heavy (non-hydrogen) atoms. The minimum Gasteiger partial charge on any atom is -0.311 e. The topological polar surface area (TPSA) is 38.1 Å². The predicted octanol–water partition coefficient (Wildman–Crippen LogP) is 5.04. The van der Waals surface area contributed by atoms with Gasteiger partial charge in [-0.3, -0.25) is 4.79 Å². The molecule has 0 spiro atoms. The highest BCUT2D eigenvalue weighted by Gasteiger charge is 2.16. The molecule has 4 nitrogen and oxygen atoms in total. The quantitative estimate of drug-likeness (QED) is 0.650. The summed E-state index contributed by atoms with van der Waals surface area (Å²) in [5, 5.41) is 5.11. The van der Waals surface area contributed by atoms with Crippen molar-refractivity contribution in [1.82, 2.24) is 9.78 Å². The van der Waals surface area contributed by atoms with Crippen LogP contribution in [0.4, 0.5) is 5.69 Å². The van der Waals surface area contributed by atoms with Crippen molar-refractivity contribution in [3.8, 4) is 5.69 Å². The Bertz CT molecular complexity index is 974. The molecule has 0 saturated carbocycles. The number of hydrogen-bond donors (Lipinski definition) is 0. The van der Waals surface area contributed by atoms with Gasteiger partial charge >= 0.3 is 0 Å². The third kappa shape index (κ3) is 3.25. The van der Waals surface area contributed by atoms with Gasteiger partial charge in [-0.25, -0.2) is 4.68 Å². The number of benzene rings is 2. The number of carbonyl (C=O) groups excluding carboxylic acids is 1. The first-order chi connectivity index (χ1) is 12.3. The molecule has 1 aromatic heterocycles. The van der Waals surface area contributed by atoms with Gasteiger partial charge in [0.15, 0.2) is 0 Å². The molecular formula is C21H22ClN3O. The van der Waals surface area contributed by atoms with E-state index in [1.165, 1.54) is 0 Å². The maximum atomic E-state index is 12.9. The van der Waals surface area contributed by atoms with Crippen LogP contribution in [0.1, 0.15) is 32.9 Å². The largest absolute Gasteiger partial charge is 0.311 e. The van der Waals surface area contributed by atoms with E-state index in [-0.39, 0.29) is 5.91 Å². The molecule has 0 aliphatic carbocycles. The van der Waals surface area contributed by atoms with E-state index >= 15 is 0 Å². The fourth-order valence-electron chi connectivity index (χ4n) is 3.00. The molecule has 1 heterocycles. The molecule has 0 atom stereocenters. The molecule has 0 aliphatic rings. The summed E-state index contributed by atoms with van der Waals surface area (Å²) in [7, 11) is 1.80. The van der Waals surface area contributed by atoms with E-state index in [1.54, 1.807) is 16.6 Å². The maximum absolute atomic E-state index is 12.9. The number of anilines is 1. The standard InChI is InChI=1S/C21H22ClN3O/c1-13-6-7-14(2)19(12-13)24(5)21(26)17-8-10-18(11-9-17)25-16(4)20(22)15(3)23-25/h6-12H,1-5H3. The van der Waals surface area contributed by atoms with Gasteiger partial charge in [0.25, 0.3) is 5.91 Å². The van der Waals surface area contributed by atoms with Crippen LogP contribution in [0.5, 0.6) is 0 Å². The van der Waals surface area contributed by atoms with Gasteiger partial charge in [0.05, 0.1) is 22.1 Å². The van der Waals surface area contributed by atoms with Crippen molar-refractivity contribution in [2.45, 2.75) is 27.7 Å². The van der Waals surface area contributed by atoms with E-state index in [0.29, 0.717) is 10.6 Å². The smallest absolute Gasteiger partial charge is 0.258 e.